The van der Waals surface area contributed by atoms with E-state index in [1.54, 1.807) is 18.2 Å². The highest BCUT2D eigenvalue weighted by molar-refractivity contribution is 6.05. The molecule has 2 aromatic rings. The molecule has 0 aromatic heterocycles. The van der Waals surface area contributed by atoms with Crippen LogP contribution < -0.4 is 20.1 Å². The number of piperidine rings is 1. The fourth-order valence-corrected chi connectivity index (χ4v) is 4.59. The summed E-state index contributed by atoms with van der Waals surface area (Å²) in [6.07, 6.45) is -3.04. The normalized spacial score (nSPS) is 18.9. The number of hydrogen-bond acceptors (Lipinski definition) is 6. The predicted octanol–water partition coefficient (Wildman–Crippen LogP) is 2.44. The molecule has 5 rings (SSSR count). The first-order chi connectivity index (χ1) is 17.6. The molecule has 1 fully saturated rings. The van der Waals surface area contributed by atoms with E-state index in [1.807, 2.05) is 0 Å². The van der Waals surface area contributed by atoms with Crippen LogP contribution in [0.1, 0.15) is 39.9 Å². The van der Waals surface area contributed by atoms with E-state index in [1.165, 1.54) is 17.0 Å². The van der Waals surface area contributed by atoms with Gasteiger partial charge in [0.15, 0.2) is 0 Å². The smallest absolute Gasteiger partial charge is 0.488 e. The standard InChI is InChI=1S/C25H20F3N3O6/c26-25(27,28)37-16-4-6-20-14(9-16)8-15(12-36-20)22(33)29-10-13-2-1-3-17-18(13)11-31(24(17)35)19-5-7-21(32)30-23(19)34/h1-4,6,8-9,19H,5,7,10-12H2,(H,29,33)(H,30,32,34). The van der Waals surface area contributed by atoms with E-state index >= 15 is 0 Å². The molecule has 3 aliphatic heterocycles. The van der Waals surface area contributed by atoms with Crippen molar-refractivity contribution >= 4 is 29.7 Å². The Kier molecular flexibility index (Phi) is 6.10. The number of carbonyl (C=O) groups is 4. The number of hydrogen-bond donors (Lipinski definition) is 2. The van der Waals surface area contributed by atoms with Crippen molar-refractivity contribution in [2.24, 2.45) is 0 Å². The number of nitrogens with one attached hydrogen (secondary N) is 2. The minimum Gasteiger partial charge on any atom is -0.488 e. The second-order valence-electron chi connectivity index (χ2n) is 8.73. The summed E-state index contributed by atoms with van der Waals surface area (Å²) in [6, 6.07) is 7.91. The number of imide groups is 1. The van der Waals surface area contributed by atoms with E-state index in [4.69, 9.17) is 4.74 Å². The molecule has 1 unspecified atom stereocenters. The Morgan fingerprint density at radius 3 is 2.76 bits per heavy atom. The van der Waals surface area contributed by atoms with Crippen molar-refractivity contribution < 1.29 is 41.8 Å². The van der Waals surface area contributed by atoms with Crippen molar-refractivity contribution in [2.45, 2.75) is 38.3 Å². The third-order valence-electron chi connectivity index (χ3n) is 6.34. The van der Waals surface area contributed by atoms with E-state index in [0.717, 1.165) is 12.1 Å². The third-order valence-corrected chi connectivity index (χ3v) is 6.34. The molecule has 192 valence electrons. The fraction of sp³-hybridized carbons (Fsp3) is 0.280. The summed E-state index contributed by atoms with van der Waals surface area (Å²) >= 11 is 0. The molecule has 3 heterocycles. The van der Waals surface area contributed by atoms with Crippen LogP contribution in [0.15, 0.2) is 42.0 Å². The lowest BCUT2D eigenvalue weighted by atomic mass is 10.0. The summed E-state index contributed by atoms with van der Waals surface area (Å²) in [4.78, 5) is 50.9. The van der Waals surface area contributed by atoms with Gasteiger partial charge in [0.2, 0.25) is 11.8 Å². The summed E-state index contributed by atoms with van der Waals surface area (Å²) in [5.74, 6) is -1.81. The molecule has 0 radical (unpaired) electrons. The van der Waals surface area contributed by atoms with Crippen LogP contribution in [-0.4, -0.2) is 47.5 Å². The maximum absolute atomic E-state index is 13.0. The predicted molar refractivity (Wildman–Crippen MR) is 121 cm³/mol. The summed E-state index contributed by atoms with van der Waals surface area (Å²) in [5, 5.41) is 5.01. The SMILES string of the molecule is O=C1CCC(N2Cc3c(CNC(=O)C4=Cc5cc(OC(F)(F)F)ccc5OC4)cccc3C2=O)C(=O)N1. The van der Waals surface area contributed by atoms with Gasteiger partial charge < -0.3 is 19.7 Å². The topological polar surface area (TPSA) is 114 Å². The van der Waals surface area contributed by atoms with Crippen LogP contribution in [0.3, 0.4) is 0 Å². The number of amides is 4. The number of rotatable bonds is 5. The van der Waals surface area contributed by atoms with Crippen LogP contribution >= 0.6 is 0 Å². The molecule has 9 nitrogen and oxygen atoms in total. The zero-order chi connectivity index (χ0) is 26.3. The van der Waals surface area contributed by atoms with Crippen molar-refractivity contribution in [3.05, 3.63) is 64.2 Å². The molecule has 0 spiro atoms. The average Bonchev–Trinajstić information content (AvgIpc) is 3.18. The van der Waals surface area contributed by atoms with Gasteiger partial charge in [-0.3, -0.25) is 24.5 Å². The molecule has 2 N–H and O–H groups in total. The molecule has 3 aliphatic rings. The van der Waals surface area contributed by atoms with Crippen LogP contribution in [0.25, 0.3) is 6.08 Å². The van der Waals surface area contributed by atoms with E-state index < -0.39 is 30.0 Å². The monoisotopic (exact) mass is 515 g/mol. The van der Waals surface area contributed by atoms with Gasteiger partial charge in [-0.25, -0.2) is 0 Å². The largest absolute Gasteiger partial charge is 0.573 e. The number of nitrogens with zero attached hydrogens (tertiary/aromatic N) is 1. The van der Waals surface area contributed by atoms with Crippen LogP contribution in [0.5, 0.6) is 11.5 Å². The third kappa shape index (κ3) is 4.99. The number of ether oxygens (including phenoxy) is 2. The highest BCUT2D eigenvalue weighted by atomic mass is 19.4. The molecule has 4 amide bonds. The maximum atomic E-state index is 13.0. The quantitative estimate of drug-likeness (QED) is 0.592. The van der Waals surface area contributed by atoms with Crippen molar-refractivity contribution in [3.8, 4) is 11.5 Å². The van der Waals surface area contributed by atoms with Crippen molar-refractivity contribution in [1.29, 1.82) is 0 Å². The second kappa shape index (κ2) is 9.26. The van der Waals surface area contributed by atoms with Gasteiger partial charge in [0.25, 0.3) is 11.8 Å². The first-order valence-corrected chi connectivity index (χ1v) is 11.4. The first-order valence-electron chi connectivity index (χ1n) is 11.4. The lowest BCUT2D eigenvalue weighted by Crippen LogP contribution is -2.52. The Morgan fingerprint density at radius 2 is 2.00 bits per heavy atom. The van der Waals surface area contributed by atoms with Gasteiger partial charge in [0.05, 0.1) is 5.57 Å². The Labute approximate surface area is 208 Å². The number of fused-ring (bicyclic) bond motifs is 2. The van der Waals surface area contributed by atoms with Gasteiger partial charge in [0, 0.05) is 30.6 Å². The zero-order valence-corrected chi connectivity index (χ0v) is 19.2. The van der Waals surface area contributed by atoms with Crippen molar-refractivity contribution in [1.82, 2.24) is 15.5 Å². The van der Waals surface area contributed by atoms with E-state index in [0.29, 0.717) is 22.4 Å². The van der Waals surface area contributed by atoms with Gasteiger partial charge >= 0.3 is 6.36 Å². The Morgan fingerprint density at radius 1 is 1.19 bits per heavy atom. The number of carbonyl (C=O) groups excluding carboxylic acids is 4. The first kappa shape index (κ1) is 24.3. The van der Waals surface area contributed by atoms with Gasteiger partial charge in [-0.05, 0) is 47.9 Å². The van der Waals surface area contributed by atoms with Crippen LogP contribution in [-0.2, 0) is 27.5 Å². The van der Waals surface area contributed by atoms with Crippen LogP contribution in [0, 0.1) is 0 Å². The minimum atomic E-state index is -4.85. The van der Waals surface area contributed by atoms with Gasteiger partial charge in [-0.15, -0.1) is 13.2 Å². The molecule has 2 aromatic carbocycles. The lowest BCUT2D eigenvalue weighted by Gasteiger charge is -2.29. The maximum Gasteiger partial charge on any atom is 0.573 e. The number of halogens is 3. The van der Waals surface area contributed by atoms with Crippen LogP contribution in [0.4, 0.5) is 13.2 Å². The summed E-state index contributed by atoms with van der Waals surface area (Å²) in [6.45, 7) is 0.153. The number of benzene rings is 2. The molecular weight excluding hydrogens is 495 g/mol. The summed E-state index contributed by atoms with van der Waals surface area (Å²) in [7, 11) is 0. The molecule has 0 aliphatic carbocycles. The van der Waals surface area contributed by atoms with E-state index in [2.05, 4.69) is 15.4 Å². The molecule has 1 saturated heterocycles. The fourth-order valence-electron chi connectivity index (χ4n) is 4.59. The Bertz CT molecular complexity index is 1350. The van der Waals surface area contributed by atoms with Crippen LogP contribution in [0.2, 0.25) is 0 Å². The Balaban J connectivity index is 1.28. The van der Waals surface area contributed by atoms with Gasteiger partial charge in [-0.2, -0.15) is 0 Å². The van der Waals surface area contributed by atoms with E-state index in [-0.39, 0.29) is 55.5 Å². The average molecular weight is 515 g/mol. The highest BCUT2D eigenvalue weighted by Crippen LogP contribution is 2.33. The molecule has 1 atom stereocenters. The zero-order valence-electron chi connectivity index (χ0n) is 19.2. The highest BCUT2D eigenvalue weighted by Gasteiger charge is 2.39. The summed E-state index contributed by atoms with van der Waals surface area (Å²) < 4.78 is 47.0. The van der Waals surface area contributed by atoms with Gasteiger partial charge in [0.1, 0.15) is 24.1 Å². The van der Waals surface area contributed by atoms with Gasteiger partial charge in [-0.1, -0.05) is 12.1 Å². The summed E-state index contributed by atoms with van der Waals surface area (Å²) in [5.41, 5.74) is 2.23. The molecular formula is C25H20F3N3O6. The Hall–Kier alpha value is -4.35. The number of alkyl halides is 3. The molecule has 0 bridgehead atoms. The minimum absolute atomic E-state index is 0.0693. The van der Waals surface area contributed by atoms with Crippen molar-refractivity contribution in [2.75, 3.05) is 6.61 Å². The van der Waals surface area contributed by atoms with E-state index in [9.17, 15) is 32.3 Å². The lowest BCUT2D eigenvalue weighted by molar-refractivity contribution is -0.274. The molecule has 12 heteroatoms. The molecule has 0 saturated carbocycles. The molecule has 37 heavy (non-hydrogen) atoms. The second-order valence-corrected chi connectivity index (χ2v) is 8.73. The van der Waals surface area contributed by atoms with Crippen molar-refractivity contribution in [3.63, 3.8) is 0 Å².